The highest BCUT2D eigenvalue weighted by atomic mass is 32.2. The van der Waals surface area contributed by atoms with Gasteiger partial charge in [0.05, 0.1) is 4.90 Å². The van der Waals surface area contributed by atoms with Gasteiger partial charge in [0.25, 0.3) is 0 Å². The molecule has 0 saturated heterocycles. The third kappa shape index (κ3) is 3.71. The molecule has 0 bridgehead atoms. The van der Waals surface area contributed by atoms with Crippen LogP contribution in [-0.4, -0.2) is 48.9 Å². The van der Waals surface area contributed by atoms with Crippen molar-refractivity contribution in [2.75, 3.05) is 19.1 Å². The maximum atomic E-state index is 12.4. The standard InChI is InChI=1S/C11H17NO4S3/c1-4-8(6-17-3)12(2)19(15,16)9-5-10(11(13)14)18-7-9/h5,7-8H,4,6H2,1-3H3,(H,13,14). The second kappa shape index (κ2) is 6.74. The van der Waals surface area contributed by atoms with Crippen molar-refractivity contribution in [1.82, 2.24) is 4.31 Å². The molecule has 1 aromatic heterocycles. The summed E-state index contributed by atoms with van der Waals surface area (Å²) in [5.41, 5.74) is 0. The molecule has 1 N–H and O–H groups in total. The van der Waals surface area contributed by atoms with Gasteiger partial charge in [-0.05, 0) is 18.7 Å². The van der Waals surface area contributed by atoms with Crippen molar-refractivity contribution in [3.8, 4) is 0 Å². The van der Waals surface area contributed by atoms with Gasteiger partial charge >= 0.3 is 5.97 Å². The number of carboxylic acids is 1. The summed E-state index contributed by atoms with van der Waals surface area (Å²) >= 11 is 2.51. The molecule has 0 aliphatic rings. The summed E-state index contributed by atoms with van der Waals surface area (Å²) in [7, 11) is -2.08. The van der Waals surface area contributed by atoms with Crippen LogP contribution < -0.4 is 0 Å². The molecule has 0 aromatic carbocycles. The number of carboxylic acid groups (broad SMARTS) is 1. The zero-order chi connectivity index (χ0) is 14.6. The Labute approximate surface area is 121 Å². The van der Waals surface area contributed by atoms with Crippen molar-refractivity contribution >= 4 is 39.1 Å². The smallest absolute Gasteiger partial charge is 0.345 e. The predicted octanol–water partition coefficient (Wildman–Crippen LogP) is 2.21. The number of thioether (sulfide) groups is 1. The summed E-state index contributed by atoms with van der Waals surface area (Å²) in [5, 5.41) is 10.2. The van der Waals surface area contributed by atoms with Crippen LogP contribution >= 0.6 is 23.1 Å². The average molecular weight is 323 g/mol. The Morgan fingerprint density at radius 3 is 2.63 bits per heavy atom. The van der Waals surface area contributed by atoms with E-state index in [0.29, 0.717) is 12.2 Å². The lowest BCUT2D eigenvalue weighted by Crippen LogP contribution is -2.38. The number of hydrogen-bond acceptors (Lipinski definition) is 5. The van der Waals surface area contributed by atoms with Crippen LogP contribution in [0.3, 0.4) is 0 Å². The van der Waals surface area contributed by atoms with Gasteiger partial charge in [-0.2, -0.15) is 16.1 Å². The first-order valence-electron chi connectivity index (χ1n) is 5.63. The fraction of sp³-hybridized carbons (Fsp3) is 0.545. The van der Waals surface area contributed by atoms with Crippen LogP contribution in [0.5, 0.6) is 0 Å². The minimum atomic E-state index is -3.62. The lowest BCUT2D eigenvalue weighted by Gasteiger charge is -2.25. The van der Waals surface area contributed by atoms with Crippen LogP contribution in [0.1, 0.15) is 23.0 Å². The third-order valence-electron chi connectivity index (χ3n) is 2.81. The van der Waals surface area contributed by atoms with Crippen LogP contribution in [0.4, 0.5) is 0 Å². The zero-order valence-electron chi connectivity index (χ0n) is 11.0. The van der Waals surface area contributed by atoms with Crippen molar-refractivity contribution in [2.45, 2.75) is 24.3 Å². The topological polar surface area (TPSA) is 74.7 Å². The monoisotopic (exact) mass is 323 g/mol. The number of carbonyl (C=O) groups is 1. The van der Waals surface area contributed by atoms with Gasteiger partial charge in [0.15, 0.2) is 0 Å². The Morgan fingerprint density at radius 2 is 2.21 bits per heavy atom. The first-order chi connectivity index (χ1) is 8.84. The molecule has 0 radical (unpaired) electrons. The number of rotatable bonds is 7. The Hall–Kier alpha value is -0.570. The largest absolute Gasteiger partial charge is 0.477 e. The second-order valence-corrected chi connectivity index (χ2v) is 7.81. The number of sulfonamides is 1. The van der Waals surface area contributed by atoms with Crippen LogP contribution in [0, 0.1) is 0 Å². The summed E-state index contributed by atoms with van der Waals surface area (Å²) in [4.78, 5) is 10.9. The lowest BCUT2D eigenvalue weighted by atomic mass is 10.3. The normalized spacial score (nSPS) is 13.7. The summed E-state index contributed by atoms with van der Waals surface area (Å²) in [5.74, 6) is -0.396. The zero-order valence-corrected chi connectivity index (χ0v) is 13.4. The van der Waals surface area contributed by atoms with E-state index in [2.05, 4.69) is 0 Å². The molecule has 0 amide bonds. The molecular weight excluding hydrogens is 306 g/mol. The van der Waals surface area contributed by atoms with Gasteiger partial charge in [0, 0.05) is 24.2 Å². The van der Waals surface area contributed by atoms with E-state index in [4.69, 9.17) is 5.11 Å². The maximum Gasteiger partial charge on any atom is 0.345 e. The molecule has 1 heterocycles. The van der Waals surface area contributed by atoms with Gasteiger partial charge in [0.1, 0.15) is 4.88 Å². The molecule has 1 aromatic rings. The van der Waals surface area contributed by atoms with Crippen LogP contribution in [-0.2, 0) is 10.0 Å². The van der Waals surface area contributed by atoms with E-state index in [1.54, 1.807) is 11.8 Å². The highest BCUT2D eigenvalue weighted by molar-refractivity contribution is 7.98. The molecule has 0 aliphatic carbocycles. The van der Waals surface area contributed by atoms with Gasteiger partial charge in [-0.25, -0.2) is 13.2 Å². The van der Waals surface area contributed by atoms with E-state index in [0.717, 1.165) is 11.3 Å². The van der Waals surface area contributed by atoms with Gasteiger partial charge in [-0.15, -0.1) is 11.3 Å². The van der Waals surface area contributed by atoms with E-state index >= 15 is 0 Å². The van der Waals surface area contributed by atoms with Gasteiger partial charge < -0.3 is 5.11 Å². The van der Waals surface area contributed by atoms with Gasteiger partial charge in [-0.1, -0.05) is 6.92 Å². The SMILES string of the molecule is CCC(CSC)N(C)S(=O)(=O)c1csc(C(=O)O)c1. The molecule has 0 spiro atoms. The summed E-state index contributed by atoms with van der Waals surface area (Å²) in [6.45, 7) is 1.93. The fourth-order valence-corrected chi connectivity index (χ4v) is 5.07. The maximum absolute atomic E-state index is 12.4. The summed E-state index contributed by atoms with van der Waals surface area (Å²) in [6.07, 6.45) is 2.64. The Bertz CT molecular complexity index is 538. The molecule has 1 rings (SSSR count). The van der Waals surface area contributed by atoms with Crippen LogP contribution in [0.25, 0.3) is 0 Å². The highest BCUT2D eigenvalue weighted by Gasteiger charge is 2.28. The van der Waals surface area contributed by atoms with Crippen molar-refractivity contribution < 1.29 is 18.3 Å². The van der Waals surface area contributed by atoms with Crippen molar-refractivity contribution in [3.05, 3.63) is 16.3 Å². The Kier molecular flexibility index (Phi) is 5.84. The molecular formula is C11H17NO4S3. The number of aromatic carboxylic acids is 1. The van der Waals surface area contributed by atoms with E-state index < -0.39 is 16.0 Å². The molecule has 0 saturated carbocycles. The molecule has 1 unspecified atom stereocenters. The molecule has 1 atom stereocenters. The van der Waals surface area contributed by atoms with Crippen molar-refractivity contribution in [3.63, 3.8) is 0 Å². The molecule has 108 valence electrons. The lowest BCUT2D eigenvalue weighted by molar-refractivity contribution is 0.0702. The third-order valence-corrected chi connectivity index (χ3v) is 6.48. The highest BCUT2D eigenvalue weighted by Crippen LogP contribution is 2.24. The first-order valence-corrected chi connectivity index (χ1v) is 9.34. The molecule has 0 aliphatic heterocycles. The minimum absolute atomic E-state index is 0.0323. The van der Waals surface area contributed by atoms with E-state index in [1.165, 1.54) is 22.8 Å². The summed E-state index contributed by atoms with van der Waals surface area (Å²) < 4.78 is 26.1. The van der Waals surface area contributed by atoms with Crippen LogP contribution in [0.15, 0.2) is 16.3 Å². The Morgan fingerprint density at radius 1 is 1.58 bits per heavy atom. The molecule has 5 nitrogen and oxygen atoms in total. The fourth-order valence-electron chi connectivity index (χ4n) is 1.60. The van der Waals surface area contributed by atoms with E-state index in [1.807, 2.05) is 13.2 Å². The summed E-state index contributed by atoms with van der Waals surface area (Å²) in [6, 6.07) is 1.12. The van der Waals surface area contributed by atoms with Crippen molar-refractivity contribution in [1.29, 1.82) is 0 Å². The Balaban J connectivity index is 3.04. The molecule has 19 heavy (non-hydrogen) atoms. The second-order valence-electron chi connectivity index (χ2n) is 3.99. The number of nitrogens with zero attached hydrogens (tertiary/aromatic N) is 1. The first kappa shape index (κ1) is 16.5. The minimum Gasteiger partial charge on any atom is -0.477 e. The average Bonchev–Trinajstić information content (AvgIpc) is 2.85. The number of thiophene rings is 1. The van der Waals surface area contributed by atoms with Crippen molar-refractivity contribution in [2.24, 2.45) is 0 Å². The quantitative estimate of drug-likeness (QED) is 0.832. The van der Waals surface area contributed by atoms with E-state index in [-0.39, 0.29) is 15.8 Å². The van der Waals surface area contributed by atoms with Gasteiger partial charge in [0.2, 0.25) is 10.0 Å². The van der Waals surface area contributed by atoms with Crippen LogP contribution in [0.2, 0.25) is 0 Å². The predicted molar refractivity (Wildman–Crippen MR) is 78.7 cm³/mol. The molecule has 8 heteroatoms. The van der Waals surface area contributed by atoms with Gasteiger partial charge in [-0.3, -0.25) is 0 Å². The number of hydrogen-bond donors (Lipinski definition) is 1. The molecule has 0 fully saturated rings. The van der Waals surface area contributed by atoms with E-state index in [9.17, 15) is 13.2 Å².